The topological polar surface area (TPSA) is 60.9 Å². The number of pyridine rings is 1. The summed E-state index contributed by atoms with van der Waals surface area (Å²) in [4.78, 5) is 15.6. The van der Waals surface area contributed by atoms with E-state index < -0.39 is 5.91 Å². The number of hydrogen-bond acceptors (Lipinski definition) is 2. The van der Waals surface area contributed by atoms with Crippen LogP contribution in [0.3, 0.4) is 0 Å². The molecule has 2 aromatic rings. The van der Waals surface area contributed by atoms with Gasteiger partial charge in [0.15, 0.2) is 0 Å². The molecule has 0 aliphatic rings. The highest BCUT2D eigenvalue weighted by molar-refractivity contribution is 6.04. The quantitative estimate of drug-likeness (QED) is 0.803. The summed E-state index contributed by atoms with van der Waals surface area (Å²) in [6, 6.07) is 3.85. The molecule has 0 atom stereocenters. The Balaban J connectivity index is 2.38. The van der Waals surface area contributed by atoms with Crippen LogP contribution in [-0.2, 0) is 6.54 Å². The molecule has 0 aliphatic heterocycles. The summed E-state index contributed by atoms with van der Waals surface area (Å²) in [6.07, 6.45) is 6.97. The minimum Gasteiger partial charge on any atom is -0.365 e. The van der Waals surface area contributed by atoms with Crippen molar-refractivity contribution in [2.75, 3.05) is 0 Å². The van der Waals surface area contributed by atoms with E-state index in [4.69, 9.17) is 5.73 Å². The first-order chi connectivity index (χ1) is 8.24. The van der Waals surface area contributed by atoms with Crippen molar-refractivity contribution in [3.05, 3.63) is 30.1 Å². The van der Waals surface area contributed by atoms with E-state index >= 15 is 0 Å². The number of fused-ring (bicyclic) bond motifs is 1. The van der Waals surface area contributed by atoms with Gasteiger partial charge in [-0.25, -0.2) is 0 Å². The number of primary amides is 1. The van der Waals surface area contributed by atoms with Crippen molar-refractivity contribution in [1.82, 2.24) is 9.55 Å². The van der Waals surface area contributed by atoms with Crippen LogP contribution in [0, 0.1) is 0 Å². The Morgan fingerprint density at radius 1 is 1.47 bits per heavy atom. The second-order valence-electron chi connectivity index (χ2n) is 4.18. The van der Waals surface area contributed by atoms with E-state index in [1.807, 2.05) is 18.3 Å². The van der Waals surface area contributed by atoms with E-state index in [1.165, 1.54) is 12.8 Å². The summed E-state index contributed by atoms with van der Waals surface area (Å²) < 4.78 is 2.07. The molecule has 1 amide bonds. The first-order valence-electron chi connectivity index (χ1n) is 5.97. The lowest BCUT2D eigenvalue weighted by Gasteiger charge is -2.03. The van der Waals surface area contributed by atoms with Crippen molar-refractivity contribution in [3.8, 4) is 0 Å². The number of aromatic nitrogens is 2. The van der Waals surface area contributed by atoms with E-state index in [0.29, 0.717) is 11.1 Å². The highest BCUT2D eigenvalue weighted by Gasteiger charge is 2.12. The molecule has 4 nitrogen and oxygen atoms in total. The van der Waals surface area contributed by atoms with Gasteiger partial charge in [0, 0.05) is 18.9 Å². The van der Waals surface area contributed by atoms with Crippen molar-refractivity contribution in [2.45, 2.75) is 32.7 Å². The summed E-state index contributed by atoms with van der Waals surface area (Å²) in [7, 11) is 0. The van der Waals surface area contributed by atoms with E-state index in [0.717, 1.165) is 18.5 Å². The van der Waals surface area contributed by atoms with Crippen LogP contribution in [0.1, 0.15) is 36.5 Å². The van der Waals surface area contributed by atoms with E-state index in [2.05, 4.69) is 16.5 Å². The van der Waals surface area contributed by atoms with Crippen LogP contribution >= 0.6 is 0 Å². The zero-order valence-corrected chi connectivity index (χ0v) is 10.0. The van der Waals surface area contributed by atoms with Crippen LogP contribution in [0.4, 0.5) is 0 Å². The largest absolute Gasteiger partial charge is 0.365 e. The van der Waals surface area contributed by atoms with Gasteiger partial charge in [0.25, 0.3) is 5.91 Å². The summed E-state index contributed by atoms with van der Waals surface area (Å²) in [5.74, 6) is -0.414. The number of rotatable bonds is 5. The zero-order chi connectivity index (χ0) is 12.3. The molecule has 0 radical (unpaired) electrons. The monoisotopic (exact) mass is 231 g/mol. The van der Waals surface area contributed by atoms with Gasteiger partial charge in [-0.2, -0.15) is 0 Å². The van der Waals surface area contributed by atoms with Crippen LogP contribution in [0.15, 0.2) is 24.5 Å². The second-order valence-corrected chi connectivity index (χ2v) is 4.18. The first kappa shape index (κ1) is 11.6. The SMILES string of the molecule is CCCCCn1cc(C(N)=O)c2ncccc21. The first-order valence-corrected chi connectivity index (χ1v) is 5.97. The fourth-order valence-electron chi connectivity index (χ4n) is 2.02. The molecule has 2 N–H and O–H groups in total. The molecule has 4 heteroatoms. The van der Waals surface area contributed by atoms with E-state index in [9.17, 15) is 4.79 Å². The Hall–Kier alpha value is -1.84. The van der Waals surface area contributed by atoms with Gasteiger partial charge in [-0.05, 0) is 18.6 Å². The van der Waals surface area contributed by atoms with Gasteiger partial charge in [-0.15, -0.1) is 0 Å². The van der Waals surface area contributed by atoms with Crippen LogP contribution in [-0.4, -0.2) is 15.5 Å². The summed E-state index contributed by atoms with van der Waals surface area (Å²) >= 11 is 0. The Kier molecular flexibility index (Phi) is 3.42. The van der Waals surface area contributed by atoms with Crippen molar-refractivity contribution in [1.29, 1.82) is 0 Å². The maximum atomic E-state index is 11.3. The summed E-state index contributed by atoms with van der Waals surface area (Å²) in [5, 5.41) is 0. The maximum absolute atomic E-state index is 11.3. The zero-order valence-electron chi connectivity index (χ0n) is 10.0. The summed E-state index contributed by atoms with van der Waals surface area (Å²) in [6.45, 7) is 3.08. The smallest absolute Gasteiger partial charge is 0.252 e. The lowest BCUT2D eigenvalue weighted by atomic mass is 10.2. The number of aryl methyl sites for hydroxylation is 1. The molecule has 0 saturated carbocycles. The second kappa shape index (κ2) is 4.99. The number of amides is 1. The van der Waals surface area contributed by atoms with E-state index in [-0.39, 0.29) is 0 Å². The highest BCUT2D eigenvalue weighted by Crippen LogP contribution is 2.19. The normalized spacial score (nSPS) is 10.9. The molecule has 0 aromatic carbocycles. The predicted molar refractivity (Wildman–Crippen MR) is 67.8 cm³/mol. The third kappa shape index (κ3) is 2.30. The maximum Gasteiger partial charge on any atom is 0.252 e. The van der Waals surface area contributed by atoms with Gasteiger partial charge in [0.05, 0.1) is 11.1 Å². The number of hydrogen-bond donors (Lipinski definition) is 1. The molecule has 90 valence electrons. The van der Waals surface area contributed by atoms with Crippen molar-refractivity contribution in [3.63, 3.8) is 0 Å². The number of nitrogens with zero attached hydrogens (tertiary/aromatic N) is 2. The molecule has 2 heterocycles. The number of unbranched alkanes of at least 4 members (excludes halogenated alkanes) is 2. The minimum atomic E-state index is -0.414. The van der Waals surface area contributed by atoms with Gasteiger partial charge in [0.1, 0.15) is 5.52 Å². The standard InChI is InChI=1S/C13H17N3O/c1-2-3-4-8-16-9-10(13(14)17)12-11(16)6-5-7-15-12/h5-7,9H,2-4,8H2,1H3,(H2,14,17). The summed E-state index contributed by atoms with van der Waals surface area (Å²) in [5.41, 5.74) is 7.56. The molecule has 0 spiro atoms. The number of carbonyl (C=O) groups excluding carboxylic acids is 1. The Bertz CT molecular complexity index is 530. The molecular weight excluding hydrogens is 214 g/mol. The molecule has 0 fully saturated rings. The number of nitrogens with two attached hydrogens (primary N) is 1. The lowest BCUT2D eigenvalue weighted by Crippen LogP contribution is -2.10. The van der Waals surface area contributed by atoms with Gasteiger partial charge in [-0.1, -0.05) is 19.8 Å². The van der Waals surface area contributed by atoms with Crippen LogP contribution < -0.4 is 5.73 Å². The Morgan fingerprint density at radius 2 is 2.29 bits per heavy atom. The third-order valence-corrected chi connectivity index (χ3v) is 2.90. The number of carbonyl (C=O) groups is 1. The van der Waals surface area contributed by atoms with Gasteiger partial charge in [-0.3, -0.25) is 9.78 Å². The van der Waals surface area contributed by atoms with Crippen LogP contribution in [0.2, 0.25) is 0 Å². The molecule has 0 saturated heterocycles. The molecule has 2 rings (SSSR count). The van der Waals surface area contributed by atoms with Crippen LogP contribution in [0.25, 0.3) is 11.0 Å². The fraction of sp³-hybridized carbons (Fsp3) is 0.385. The Labute approximate surface area is 100 Å². The van der Waals surface area contributed by atoms with E-state index in [1.54, 1.807) is 6.20 Å². The van der Waals surface area contributed by atoms with Crippen molar-refractivity contribution in [2.24, 2.45) is 5.73 Å². The van der Waals surface area contributed by atoms with Gasteiger partial charge >= 0.3 is 0 Å². The van der Waals surface area contributed by atoms with Crippen molar-refractivity contribution < 1.29 is 4.79 Å². The molecule has 0 bridgehead atoms. The average molecular weight is 231 g/mol. The highest BCUT2D eigenvalue weighted by atomic mass is 16.1. The van der Waals surface area contributed by atoms with Gasteiger partial charge in [0.2, 0.25) is 0 Å². The van der Waals surface area contributed by atoms with Crippen LogP contribution in [0.5, 0.6) is 0 Å². The minimum absolute atomic E-state index is 0.414. The molecule has 17 heavy (non-hydrogen) atoms. The third-order valence-electron chi connectivity index (χ3n) is 2.90. The molecular formula is C13H17N3O. The molecule has 2 aromatic heterocycles. The average Bonchev–Trinajstić information content (AvgIpc) is 2.69. The molecule has 0 unspecified atom stereocenters. The Morgan fingerprint density at radius 3 is 3.00 bits per heavy atom. The lowest BCUT2D eigenvalue weighted by molar-refractivity contribution is 0.100. The van der Waals surface area contributed by atoms with Gasteiger partial charge < -0.3 is 10.3 Å². The predicted octanol–water partition coefficient (Wildman–Crippen LogP) is 2.33. The molecule has 0 aliphatic carbocycles. The fourth-order valence-corrected chi connectivity index (χ4v) is 2.02. The van der Waals surface area contributed by atoms with Crippen molar-refractivity contribution >= 4 is 16.9 Å².